The van der Waals surface area contributed by atoms with Crippen LogP contribution in [0.3, 0.4) is 0 Å². The summed E-state index contributed by atoms with van der Waals surface area (Å²) in [6, 6.07) is 3.50. The molecule has 3 nitrogen and oxygen atoms in total. The Morgan fingerprint density at radius 1 is 1.25 bits per heavy atom. The normalized spacial score (nSPS) is 10.9. The first kappa shape index (κ1) is 13.6. The van der Waals surface area contributed by atoms with Crippen molar-refractivity contribution >= 4 is 23.2 Å². The number of nitrogens with two attached hydrogens (primary N) is 2. The van der Waals surface area contributed by atoms with Crippen LogP contribution in [0.5, 0.6) is 5.75 Å². The van der Waals surface area contributed by atoms with E-state index in [1.165, 1.54) is 0 Å². The SMILES string of the molecule is COc1c(Cl)cc(Cl)cc1CC(CN)CN. The smallest absolute Gasteiger partial charge is 0.140 e. The van der Waals surface area contributed by atoms with E-state index in [0.29, 0.717) is 28.9 Å². The second-order valence-electron chi connectivity index (χ2n) is 3.62. The van der Waals surface area contributed by atoms with Gasteiger partial charge in [0, 0.05) is 5.02 Å². The van der Waals surface area contributed by atoms with Gasteiger partial charge in [0.25, 0.3) is 0 Å². The zero-order chi connectivity index (χ0) is 12.1. The molecule has 0 saturated heterocycles. The number of ether oxygens (including phenoxy) is 1. The van der Waals surface area contributed by atoms with Gasteiger partial charge in [0.2, 0.25) is 0 Å². The summed E-state index contributed by atoms with van der Waals surface area (Å²) < 4.78 is 5.25. The molecule has 0 aromatic heterocycles. The van der Waals surface area contributed by atoms with E-state index in [0.717, 1.165) is 12.0 Å². The van der Waals surface area contributed by atoms with Crippen LogP contribution in [-0.2, 0) is 6.42 Å². The Labute approximate surface area is 106 Å². The molecule has 16 heavy (non-hydrogen) atoms. The van der Waals surface area contributed by atoms with Crippen molar-refractivity contribution < 1.29 is 4.74 Å². The highest BCUT2D eigenvalue weighted by atomic mass is 35.5. The third-order valence-electron chi connectivity index (χ3n) is 2.46. The quantitative estimate of drug-likeness (QED) is 0.855. The van der Waals surface area contributed by atoms with Crippen molar-refractivity contribution in [2.24, 2.45) is 17.4 Å². The number of hydrogen-bond donors (Lipinski definition) is 2. The van der Waals surface area contributed by atoms with E-state index in [-0.39, 0.29) is 5.92 Å². The summed E-state index contributed by atoms with van der Waals surface area (Å²) in [5.74, 6) is 0.862. The molecule has 0 aliphatic carbocycles. The maximum Gasteiger partial charge on any atom is 0.140 e. The van der Waals surface area contributed by atoms with Crippen LogP contribution in [0.15, 0.2) is 12.1 Å². The number of rotatable bonds is 5. The first-order valence-corrected chi connectivity index (χ1v) is 5.80. The topological polar surface area (TPSA) is 61.3 Å². The molecule has 4 N–H and O–H groups in total. The Morgan fingerprint density at radius 2 is 1.88 bits per heavy atom. The van der Waals surface area contributed by atoms with Crippen molar-refractivity contribution in [1.82, 2.24) is 0 Å². The predicted molar refractivity (Wildman–Crippen MR) is 68.3 cm³/mol. The lowest BCUT2D eigenvalue weighted by Crippen LogP contribution is -2.25. The van der Waals surface area contributed by atoms with Gasteiger partial charge in [-0.25, -0.2) is 0 Å². The summed E-state index contributed by atoms with van der Waals surface area (Å²) >= 11 is 12.0. The minimum atomic E-state index is 0.212. The predicted octanol–water partition coefficient (Wildman–Crippen LogP) is 2.08. The van der Waals surface area contributed by atoms with Crippen LogP contribution in [0.1, 0.15) is 5.56 Å². The summed E-state index contributed by atoms with van der Waals surface area (Å²) in [6.07, 6.45) is 0.719. The first-order valence-electron chi connectivity index (χ1n) is 5.04. The zero-order valence-electron chi connectivity index (χ0n) is 9.17. The van der Waals surface area contributed by atoms with E-state index in [1.54, 1.807) is 13.2 Å². The fourth-order valence-electron chi connectivity index (χ4n) is 1.57. The average molecular weight is 263 g/mol. The second kappa shape index (κ2) is 6.30. The molecule has 0 fully saturated rings. The summed E-state index contributed by atoms with van der Waals surface area (Å²) in [4.78, 5) is 0. The van der Waals surface area contributed by atoms with Gasteiger partial charge in [-0.3, -0.25) is 0 Å². The summed E-state index contributed by atoms with van der Waals surface area (Å²) in [6.45, 7) is 1.06. The molecule has 0 aliphatic rings. The van der Waals surface area contributed by atoms with Crippen molar-refractivity contribution in [2.45, 2.75) is 6.42 Å². The zero-order valence-corrected chi connectivity index (χ0v) is 10.7. The third kappa shape index (κ3) is 3.25. The van der Waals surface area contributed by atoms with Crippen LogP contribution in [0.2, 0.25) is 10.0 Å². The van der Waals surface area contributed by atoms with Crippen molar-refractivity contribution in [3.05, 3.63) is 27.7 Å². The number of benzene rings is 1. The van der Waals surface area contributed by atoms with Crippen LogP contribution in [0, 0.1) is 5.92 Å². The molecule has 5 heteroatoms. The maximum absolute atomic E-state index is 6.03. The highest BCUT2D eigenvalue weighted by Gasteiger charge is 2.13. The van der Waals surface area contributed by atoms with Gasteiger partial charge in [-0.05, 0) is 43.1 Å². The average Bonchev–Trinajstić information content (AvgIpc) is 2.25. The largest absolute Gasteiger partial charge is 0.495 e. The van der Waals surface area contributed by atoms with Gasteiger partial charge < -0.3 is 16.2 Å². The minimum absolute atomic E-state index is 0.212. The Balaban J connectivity index is 3.01. The number of halogens is 2. The van der Waals surface area contributed by atoms with E-state index in [4.69, 9.17) is 39.4 Å². The highest BCUT2D eigenvalue weighted by Crippen LogP contribution is 2.33. The molecule has 1 rings (SSSR count). The van der Waals surface area contributed by atoms with E-state index >= 15 is 0 Å². The highest BCUT2D eigenvalue weighted by molar-refractivity contribution is 6.35. The molecule has 90 valence electrons. The Bertz CT molecular complexity index is 354. The second-order valence-corrected chi connectivity index (χ2v) is 4.47. The van der Waals surface area contributed by atoms with E-state index in [9.17, 15) is 0 Å². The van der Waals surface area contributed by atoms with Gasteiger partial charge in [-0.15, -0.1) is 0 Å². The number of hydrogen-bond acceptors (Lipinski definition) is 3. The fraction of sp³-hybridized carbons (Fsp3) is 0.455. The van der Waals surface area contributed by atoms with Crippen LogP contribution in [0.25, 0.3) is 0 Å². The minimum Gasteiger partial charge on any atom is -0.495 e. The molecule has 0 radical (unpaired) electrons. The molecule has 0 unspecified atom stereocenters. The molecule has 0 spiro atoms. The van der Waals surface area contributed by atoms with Crippen LogP contribution < -0.4 is 16.2 Å². The molecule has 1 aromatic rings. The molecule has 0 heterocycles. The van der Waals surface area contributed by atoms with E-state index < -0.39 is 0 Å². The van der Waals surface area contributed by atoms with Crippen molar-refractivity contribution in [2.75, 3.05) is 20.2 Å². The van der Waals surface area contributed by atoms with Crippen molar-refractivity contribution in [1.29, 1.82) is 0 Å². The lowest BCUT2D eigenvalue weighted by Gasteiger charge is -2.16. The Morgan fingerprint density at radius 3 is 2.38 bits per heavy atom. The molecular weight excluding hydrogens is 247 g/mol. The lowest BCUT2D eigenvalue weighted by atomic mass is 9.99. The standard InChI is InChI=1S/C11H16Cl2N2O/c1-16-11-8(2-7(5-14)6-15)3-9(12)4-10(11)13/h3-4,7H,2,5-6,14-15H2,1H3. The lowest BCUT2D eigenvalue weighted by molar-refractivity contribution is 0.405. The van der Waals surface area contributed by atoms with Gasteiger partial charge >= 0.3 is 0 Å². The fourth-order valence-corrected chi connectivity index (χ4v) is 2.18. The molecule has 0 amide bonds. The third-order valence-corrected chi connectivity index (χ3v) is 2.96. The van der Waals surface area contributed by atoms with Crippen LogP contribution in [0.4, 0.5) is 0 Å². The van der Waals surface area contributed by atoms with Gasteiger partial charge in [-0.1, -0.05) is 23.2 Å². The monoisotopic (exact) mass is 262 g/mol. The van der Waals surface area contributed by atoms with Crippen molar-refractivity contribution in [3.8, 4) is 5.75 Å². The van der Waals surface area contributed by atoms with Crippen LogP contribution >= 0.6 is 23.2 Å². The molecule has 0 atom stereocenters. The first-order chi connectivity index (χ1) is 7.62. The maximum atomic E-state index is 6.03. The molecular formula is C11H16Cl2N2O. The van der Waals surface area contributed by atoms with Gasteiger partial charge in [0.1, 0.15) is 5.75 Å². The molecule has 1 aromatic carbocycles. The molecule has 0 aliphatic heterocycles. The molecule has 0 saturated carbocycles. The van der Waals surface area contributed by atoms with E-state index in [1.807, 2.05) is 6.07 Å². The number of methoxy groups -OCH3 is 1. The van der Waals surface area contributed by atoms with E-state index in [2.05, 4.69) is 0 Å². The Kier molecular flexibility index (Phi) is 5.35. The summed E-state index contributed by atoms with van der Waals surface area (Å²) in [5, 5.41) is 1.10. The molecule has 0 bridgehead atoms. The van der Waals surface area contributed by atoms with Crippen LogP contribution in [-0.4, -0.2) is 20.2 Å². The van der Waals surface area contributed by atoms with Gasteiger partial charge in [0.15, 0.2) is 0 Å². The summed E-state index contributed by atoms with van der Waals surface area (Å²) in [5.41, 5.74) is 12.2. The Hall–Kier alpha value is -0.480. The van der Waals surface area contributed by atoms with Gasteiger partial charge in [-0.2, -0.15) is 0 Å². The van der Waals surface area contributed by atoms with Crippen molar-refractivity contribution in [3.63, 3.8) is 0 Å². The van der Waals surface area contributed by atoms with Gasteiger partial charge in [0.05, 0.1) is 12.1 Å². The summed E-state index contributed by atoms with van der Waals surface area (Å²) in [7, 11) is 1.58.